The smallest absolute Gasteiger partial charge is 0.408 e. The molecule has 1 N–H and O–H groups in total. The summed E-state index contributed by atoms with van der Waals surface area (Å²) in [5.41, 5.74) is 1.91. The van der Waals surface area contributed by atoms with Crippen LogP contribution in [0.5, 0.6) is 0 Å². The first-order valence-corrected chi connectivity index (χ1v) is 9.00. The van der Waals surface area contributed by atoms with Gasteiger partial charge in [-0.2, -0.15) is 11.3 Å². The van der Waals surface area contributed by atoms with Crippen LogP contribution in [-0.4, -0.2) is 19.5 Å². The molecule has 0 unspecified atom stereocenters. The highest BCUT2D eigenvalue weighted by Crippen LogP contribution is 2.18. The number of nitrogens with zero attached hydrogens (tertiary/aromatic N) is 1. The van der Waals surface area contributed by atoms with Gasteiger partial charge in [0.05, 0.1) is 10.4 Å². The standard InChI is InChI=1S/C14H14N2O4S2/c1-16-12-8-11(2-3-13(12)20-14(16)17)22(18,19)15-6-4-10-5-7-21-9-10/h2-3,5,7-9,15H,4,6H2,1H3. The Morgan fingerprint density at radius 3 is 2.86 bits per heavy atom. The largest absolute Gasteiger partial charge is 0.419 e. The van der Waals surface area contributed by atoms with E-state index in [-0.39, 0.29) is 4.90 Å². The molecule has 0 spiro atoms. The second kappa shape index (κ2) is 5.71. The molecule has 6 nitrogen and oxygen atoms in total. The molecule has 2 heterocycles. The average Bonchev–Trinajstić information content (AvgIpc) is 3.08. The molecule has 3 rings (SSSR count). The molecule has 0 amide bonds. The lowest BCUT2D eigenvalue weighted by atomic mass is 10.2. The highest BCUT2D eigenvalue weighted by atomic mass is 32.2. The summed E-state index contributed by atoms with van der Waals surface area (Å²) in [5, 5.41) is 3.94. The van der Waals surface area contributed by atoms with Crippen molar-refractivity contribution >= 4 is 32.5 Å². The van der Waals surface area contributed by atoms with Gasteiger partial charge in [0.15, 0.2) is 5.58 Å². The Balaban J connectivity index is 1.82. The number of fused-ring (bicyclic) bond motifs is 1. The van der Waals surface area contributed by atoms with E-state index in [1.807, 2.05) is 16.8 Å². The fourth-order valence-corrected chi connectivity index (χ4v) is 3.88. The minimum atomic E-state index is -3.62. The summed E-state index contributed by atoms with van der Waals surface area (Å²) in [7, 11) is -2.08. The van der Waals surface area contributed by atoms with Crippen molar-refractivity contribution in [1.29, 1.82) is 0 Å². The molecule has 8 heteroatoms. The van der Waals surface area contributed by atoms with Crippen LogP contribution in [0.15, 0.2) is 49.1 Å². The zero-order valence-corrected chi connectivity index (χ0v) is 13.4. The molecule has 0 radical (unpaired) electrons. The summed E-state index contributed by atoms with van der Waals surface area (Å²) in [6.45, 7) is 0.321. The SMILES string of the molecule is Cn1c(=O)oc2ccc(S(=O)(=O)NCCc3ccsc3)cc21. The monoisotopic (exact) mass is 338 g/mol. The predicted octanol–water partition coefficient (Wildman–Crippen LogP) is 1.71. The van der Waals surface area contributed by atoms with Gasteiger partial charge >= 0.3 is 5.76 Å². The van der Waals surface area contributed by atoms with Crippen molar-refractivity contribution in [3.8, 4) is 0 Å². The number of nitrogens with one attached hydrogen (secondary N) is 1. The van der Waals surface area contributed by atoms with Crippen molar-refractivity contribution < 1.29 is 12.8 Å². The van der Waals surface area contributed by atoms with Crippen molar-refractivity contribution in [2.24, 2.45) is 7.05 Å². The topological polar surface area (TPSA) is 81.3 Å². The number of aromatic nitrogens is 1. The Morgan fingerprint density at radius 1 is 1.32 bits per heavy atom. The predicted molar refractivity (Wildman–Crippen MR) is 84.7 cm³/mol. The van der Waals surface area contributed by atoms with Crippen LogP contribution in [0.1, 0.15) is 5.56 Å². The van der Waals surface area contributed by atoms with Gasteiger partial charge in [-0.15, -0.1) is 0 Å². The van der Waals surface area contributed by atoms with Crippen molar-refractivity contribution in [3.05, 3.63) is 51.1 Å². The van der Waals surface area contributed by atoms with Crippen molar-refractivity contribution in [2.75, 3.05) is 6.54 Å². The number of hydrogen-bond acceptors (Lipinski definition) is 5. The maximum Gasteiger partial charge on any atom is 0.419 e. The molecule has 3 aromatic rings. The molecule has 116 valence electrons. The van der Waals surface area contributed by atoms with Crippen molar-refractivity contribution in [3.63, 3.8) is 0 Å². The summed E-state index contributed by atoms with van der Waals surface area (Å²) in [5.74, 6) is -0.519. The molecule has 2 aromatic heterocycles. The number of hydrogen-bond donors (Lipinski definition) is 1. The quantitative estimate of drug-likeness (QED) is 0.768. The third-order valence-electron chi connectivity index (χ3n) is 3.36. The summed E-state index contributed by atoms with van der Waals surface area (Å²) < 4.78 is 33.4. The second-order valence-corrected chi connectivity index (χ2v) is 7.38. The zero-order chi connectivity index (χ0) is 15.7. The highest BCUT2D eigenvalue weighted by molar-refractivity contribution is 7.89. The van der Waals surface area contributed by atoms with Crippen LogP contribution in [-0.2, 0) is 23.5 Å². The van der Waals surface area contributed by atoms with E-state index >= 15 is 0 Å². The fraction of sp³-hybridized carbons (Fsp3) is 0.214. The van der Waals surface area contributed by atoms with E-state index in [0.29, 0.717) is 24.1 Å². The van der Waals surface area contributed by atoms with Gasteiger partial charge in [-0.05, 0) is 47.0 Å². The number of thiophene rings is 1. The molecular weight excluding hydrogens is 324 g/mol. The van der Waals surface area contributed by atoms with Crippen LogP contribution in [0.4, 0.5) is 0 Å². The third kappa shape index (κ3) is 2.85. The van der Waals surface area contributed by atoms with E-state index in [9.17, 15) is 13.2 Å². The van der Waals surface area contributed by atoms with Crippen LogP contribution in [0.2, 0.25) is 0 Å². The maximum atomic E-state index is 12.3. The molecule has 0 aliphatic rings. The lowest BCUT2D eigenvalue weighted by Crippen LogP contribution is -2.26. The van der Waals surface area contributed by atoms with Gasteiger partial charge in [-0.3, -0.25) is 4.57 Å². The summed E-state index contributed by atoms with van der Waals surface area (Å²) in [6, 6.07) is 6.32. The number of sulfonamides is 1. The Bertz CT molecular complexity index is 953. The molecule has 1 aromatic carbocycles. The van der Waals surface area contributed by atoms with Gasteiger partial charge in [0.2, 0.25) is 10.0 Å². The summed E-state index contributed by atoms with van der Waals surface area (Å²) >= 11 is 1.58. The first-order valence-electron chi connectivity index (χ1n) is 6.58. The number of benzene rings is 1. The Kier molecular flexibility index (Phi) is 3.90. The summed E-state index contributed by atoms with van der Waals surface area (Å²) in [4.78, 5) is 11.5. The lowest BCUT2D eigenvalue weighted by Gasteiger charge is -2.06. The highest BCUT2D eigenvalue weighted by Gasteiger charge is 2.16. The van der Waals surface area contributed by atoms with E-state index in [1.54, 1.807) is 11.3 Å². The first kappa shape index (κ1) is 15.0. The second-order valence-electron chi connectivity index (χ2n) is 4.84. The molecule has 0 saturated heterocycles. The van der Waals surface area contributed by atoms with Crippen molar-refractivity contribution in [2.45, 2.75) is 11.3 Å². The van der Waals surface area contributed by atoms with Crippen LogP contribution in [0, 0.1) is 0 Å². The molecule has 22 heavy (non-hydrogen) atoms. The number of oxazole rings is 1. The van der Waals surface area contributed by atoms with Gasteiger partial charge in [-0.25, -0.2) is 17.9 Å². The Hall–Kier alpha value is -1.90. The molecule has 0 bridgehead atoms. The van der Waals surface area contributed by atoms with Gasteiger partial charge in [0, 0.05) is 13.6 Å². The number of rotatable bonds is 5. The lowest BCUT2D eigenvalue weighted by molar-refractivity contribution is 0.528. The zero-order valence-electron chi connectivity index (χ0n) is 11.8. The van der Waals surface area contributed by atoms with E-state index < -0.39 is 15.8 Å². The molecule has 0 atom stereocenters. The normalized spacial score (nSPS) is 12.0. The maximum absolute atomic E-state index is 12.3. The van der Waals surface area contributed by atoms with Crippen molar-refractivity contribution in [1.82, 2.24) is 9.29 Å². The molecule has 0 aliphatic heterocycles. The van der Waals surface area contributed by atoms with E-state index in [1.165, 1.54) is 29.8 Å². The molecular formula is C14H14N2O4S2. The van der Waals surface area contributed by atoms with Crippen LogP contribution in [0.3, 0.4) is 0 Å². The third-order valence-corrected chi connectivity index (χ3v) is 5.55. The first-order chi connectivity index (χ1) is 10.5. The van der Waals surface area contributed by atoms with E-state index in [0.717, 1.165) is 5.56 Å². The molecule has 0 aliphatic carbocycles. The average molecular weight is 338 g/mol. The van der Waals surface area contributed by atoms with E-state index in [4.69, 9.17) is 4.42 Å². The minimum Gasteiger partial charge on any atom is -0.408 e. The van der Waals surface area contributed by atoms with Gasteiger partial charge in [0.25, 0.3) is 0 Å². The summed E-state index contributed by atoms with van der Waals surface area (Å²) in [6.07, 6.45) is 0.634. The Morgan fingerprint density at radius 2 is 2.14 bits per heavy atom. The van der Waals surface area contributed by atoms with E-state index in [2.05, 4.69) is 4.72 Å². The van der Waals surface area contributed by atoms with Gasteiger partial charge < -0.3 is 4.42 Å². The van der Waals surface area contributed by atoms with Crippen LogP contribution >= 0.6 is 11.3 Å². The molecule has 0 saturated carbocycles. The fourth-order valence-electron chi connectivity index (χ4n) is 2.12. The molecule has 0 fully saturated rings. The van der Waals surface area contributed by atoms with Crippen LogP contribution < -0.4 is 10.5 Å². The van der Waals surface area contributed by atoms with Crippen LogP contribution in [0.25, 0.3) is 11.1 Å². The number of aryl methyl sites for hydroxylation is 1. The van der Waals surface area contributed by atoms with Gasteiger partial charge in [0.1, 0.15) is 0 Å². The minimum absolute atomic E-state index is 0.113. The Labute approximate surface area is 131 Å². The van der Waals surface area contributed by atoms with Gasteiger partial charge in [-0.1, -0.05) is 0 Å².